The average Bonchev–Trinajstić information content (AvgIpc) is 3.88. The quantitative estimate of drug-likeness (QED) is 0.196. The summed E-state index contributed by atoms with van der Waals surface area (Å²) < 4.78 is 7.84. The van der Waals surface area contributed by atoms with Crippen molar-refractivity contribution in [2.45, 2.75) is 6.17 Å². The minimum atomic E-state index is -0.261. The summed E-state index contributed by atoms with van der Waals surface area (Å²) in [6.07, 6.45) is -0.261. The molecule has 1 aliphatic rings. The number of para-hydroxylation sites is 1. The molecule has 7 aromatic carbocycles. The van der Waals surface area contributed by atoms with Crippen molar-refractivity contribution < 1.29 is 0 Å². The van der Waals surface area contributed by atoms with E-state index in [1.165, 1.54) is 62.2 Å². The maximum Gasteiger partial charge on any atom is 0.159 e. The maximum absolute atomic E-state index is 5.21. The molecule has 1 N–H and O–H groups in total. The maximum atomic E-state index is 5.21. The number of thiophene rings is 2. The summed E-state index contributed by atoms with van der Waals surface area (Å²) >= 11 is 3.83. The number of aromatic nitrogens is 1. The van der Waals surface area contributed by atoms with Crippen molar-refractivity contribution in [3.05, 3.63) is 174 Å². The van der Waals surface area contributed by atoms with Gasteiger partial charge in [-0.2, -0.15) is 0 Å². The van der Waals surface area contributed by atoms with Crippen molar-refractivity contribution >= 4 is 96.5 Å². The number of nitrogens with one attached hydrogen (secondary N) is 1. The van der Waals surface area contributed by atoms with E-state index in [9.17, 15) is 0 Å². The lowest BCUT2D eigenvalue weighted by molar-refractivity contribution is 0.674. The van der Waals surface area contributed by atoms with Crippen LogP contribution in [-0.2, 0) is 0 Å². The molecule has 240 valence electrons. The van der Waals surface area contributed by atoms with Gasteiger partial charge in [0, 0.05) is 58.5 Å². The first kappa shape index (κ1) is 28.7. The average molecular weight is 689 g/mol. The number of fused-ring (bicyclic) bond motifs is 12. The highest BCUT2D eigenvalue weighted by Gasteiger charge is 2.25. The van der Waals surface area contributed by atoms with Crippen molar-refractivity contribution in [2.24, 2.45) is 9.98 Å². The normalized spacial score (nSPS) is 14.9. The molecule has 1 unspecified atom stereocenters. The third kappa shape index (κ3) is 4.37. The Bertz CT molecular complexity index is 3060. The number of rotatable bonds is 4. The lowest BCUT2D eigenvalue weighted by Crippen LogP contribution is -2.33. The Balaban J connectivity index is 1.22. The van der Waals surface area contributed by atoms with E-state index in [1.807, 2.05) is 46.9 Å². The Labute approximate surface area is 301 Å². The summed E-state index contributed by atoms with van der Waals surface area (Å²) in [5.41, 5.74) is 6.62. The highest BCUT2D eigenvalue weighted by molar-refractivity contribution is 7.33. The fraction of sp³-hybridized carbons (Fsp3) is 0.0222. The van der Waals surface area contributed by atoms with Gasteiger partial charge in [-0.3, -0.25) is 0 Å². The Morgan fingerprint density at radius 1 is 0.529 bits per heavy atom. The van der Waals surface area contributed by atoms with Crippen molar-refractivity contribution in [1.82, 2.24) is 9.88 Å². The number of amidine groups is 2. The van der Waals surface area contributed by atoms with E-state index in [0.29, 0.717) is 5.84 Å². The molecule has 0 radical (unpaired) electrons. The van der Waals surface area contributed by atoms with Gasteiger partial charge in [-0.15, -0.1) is 22.7 Å². The second-order valence-electron chi connectivity index (χ2n) is 13.0. The molecule has 0 bridgehead atoms. The fourth-order valence-corrected chi connectivity index (χ4v) is 10.4. The Hall–Kier alpha value is -6.08. The van der Waals surface area contributed by atoms with Crippen molar-refractivity contribution in [3.8, 4) is 5.69 Å². The topological polar surface area (TPSA) is 41.7 Å². The summed E-state index contributed by atoms with van der Waals surface area (Å²) in [5.74, 6) is 1.52. The molecule has 0 aliphatic carbocycles. The number of hydrogen-bond acceptors (Lipinski definition) is 5. The van der Waals surface area contributed by atoms with Crippen LogP contribution in [0.15, 0.2) is 168 Å². The van der Waals surface area contributed by atoms with Crippen LogP contribution in [0.1, 0.15) is 22.9 Å². The summed E-state index contributed by atoms with van der Waals surface area (Å²) in [5, 5.41) is 11.5. The van der Waals surface area contributed by atoms with Crippen molar-refractivity contribution in [2.75, 3.05) is 0 Å². The SMILES string of the molecule is c1ccc(C2=NC(c3cccc(-n4c5ccccc5c5c6c7ccccc7sc6c6sc7ccccc7c6c54)c3)=NC(c3ccccc3)N2)cc1. The van der Waals surface area contributed by atoms with Crippen LogP contribution in [-0.4, -0.2) is 16.2 Å². The van der Waals surface area contributed by atoms with Gasteiger partial charge in [0.1, 0.15) is 12.0 Å². The summed E-state index contributed by atoms with van der Waals surface area (Å²) in [6.45, 7) is 0. The smallest absolute Gasteiger partial charge is 0.159 e. The molecule has 51 heavy (non-hydrogen) atoms. The van der Waals surface area contributed by atoms with Crippen LogP contribution in [0, 0.1) is 0 Å². The minimum absolute atomic E-state index is 0.261. The molecular weight excluding hydrogens is 661 g/mol. The van der Waals surface area contributed by atoms with Crippen LogP contribution in [0.25, 0.3) is 67.8 Å². The summed E-state index contributed by atoms with van der Waals surface area (Å²) in [4.78, 5) is 10.4. The highest BCUT2D eigenvalue weighted by Crippen LogP contribution is 2.52. The molecule has 0 saturated carbocycles. The van der Waals surface area contributed by atoms with Gasteiger partial charge in [-0.05, 0) is 35.9 Å². The molecule has 1 atom stereocenters. The lowest BCUT2D eigenvalue weighted by Gasteiger charge is -2.23. The van der Waals surface area contributed by atoms with E-state index < -0.39 is 0 Å². The van der Waals surface area contributed by atoms with E-state index in [2.05, 4.69) is 143 Å². The first-order valence-corrected chi connectivity index (χ1v) is 18.8. The molecule has 10 aromatic rings. The van der Waals surface area contributed by atoms with E-state index in [1.54, 1.807) is 0 Å². The highest BCUT2D eigenvalue weighted by atomic mass is 32.1. The number of nitrogens with zero attached hydrogens (tertiary/aromatic N) is 3. The minimum Gasteiger partial charge on any atom is -0.344 e. The molecule has 0 amide bonds. The van der Waals surface area contributed by atoms with Crippen LogP contribution in [0.2, 0.25) is 0 Å². The molecule has 0 saturated heterocycles. The first-order chi connectivity index (χ1) is 25.3. The van der Waals surface area contributed by atoms with E-state index in [0.717, 1.165) is 28.2 Å². The van der Waals surface area contributed by atoms with Gasteiger partial charge in [-0.25, -0.2) is 9.98 Å². The van der Waals surface area contributed by atoms with Gasteiger partial charge in [0.2, 0.25) is 0 Å². The van der Waals surface area contributed by atoms with E-state index in [4.69, 9.17) is 9.98 Å². The second-order valence-corrected chi connectivity index (χ2v) is 15.1. The number of benzene rings is 7. The zero-order valence-electron chi connectivity index (χ0n) is 27.2. The van der Waals surface area contributed by atoms with Crippen LogP contribution < -0.4 is 5.32 Å². The van der Waals surface area contributed by atoms with Gasteiger partial charge in [0.05, 0.1) is 20.4 Å². The number of aliphatic imine (C=N–C) groups is 2. The van der Waals surface area contributed by atoms with Crippen LogP contribution in [0.4, 0.5) is 0 Å². The molecule has 4 heterocycles. The third-order valence-electron chi connectivity index (χ3n) is 10.0. The Kier molecular flexibility index (Phi) is 6.32. The predicted molar refractivity (Wildman–Crippen MR) is 218 cm³/mol. The monoisotopic (exact) mass is 688 g/mol. The van der Waals surface area contributed by atoms with Crippen molar-refractivity contribution in [1.29, 1.82) is 0 Å². The van der Waals surface area contributed by atoms with E-state index in [-0.39, 0.29) is 6.17 Å². The number of hydrogen-bond donors (Lipinski definition) is 1. The van der Waals surface area contributed by atoms with Crippen LogP contribution in [0.3, 0.4) is 0 Å². The van der Waals surface area contributed by atoms with Crippen molar-refractivity contribution in [3.63, 3.8) is 0 Å². The summed E-state index contributed by atoms with van der Waals surface area (Å²) in [7, 11) is 0. The molecular formula is C45H28N4S2. The zero-order chi connectivity index (χ0) is 33.5. The molecule has 6 heteroatoms. The van der Waals surface area contributed by atoms with Gasteiger partial charge in [-0.1, -0.05) is 127 Å². The predicted octanol–water partition coefficient (Wildman–Crippen LogP) is 12.0. The molecule has 0 fully saturated rings. The largest absolute Gasteiger partial charge is 0.344 e. The standard InChI is InChI=1S/C45H28N4S2/c1-3-14-27(15-4-1)43-46-44(28-16-5-2-6-17-28)48-45(47-43)29-18-13-19-30(26-29)49-34-23-10-7-20-31(34)37-38-32-21-8-11-24-35(32)50-41(38)42-39(40(37)49)33-22-9-12-25-36(33)51-42/h1-26,43H,(H,46,47,48). The third-order valence-corrected chi connectivity index (χ3v) is 12.5. The lowest BCUT2D eigenvalue weighted by atomic mass is 10.0. The summed E-state index contributed by atoms with van der Waals surface area (Å²) in [6, 6.07) is 56.1. The van der Waals surface area contributed by atoms with Gasteiger partial charge < -0.3 is 9.88 Å². The first-order valence-electron chi connectivity index (χ1n) is 17.1. The van der Waals surface area contributed by atoms with Gasteiger partial charge in [0.25, 0.3) is 0 Å². The van der Waals surface area contributed by atoms with Crippen LogP contribution in [0.5, 0.6) is 0 Å². The second kappa shape index (κ2) is 11.2. The Morgan fingerprint density at radius 3 is 1.90 bits per heavy atom. The molecule has 1 aliphatic heterocycles. The van der Waals surface area contributed by atoms with Gasteiger partial charge in [0.15, 0.2) is 5.84 Å². The fourth-order valence-electron chi connectivity index (χ4n) is 7.80. The molecule has 11 rings (SSSR count). The molecule has 0 spiro atoms. The van der Waals surface area contributed by atoms with E-state index >= 15 is 0 Å². The van der Waals surface area contributed by atoms with Crippen LogP contribution >= 0.6 is 22.7 Å². The molecule has 3 aromatic heterocycles. The molecule has 4 nitrogen and oxygen atoms in total. The Morgan fingerprint density at radius 2 is 1.14 bits per heavy atom. The zero-order valence-corrected chi connectivity index (χ0v) is 28.9. The van der Waals surface area contributed by atoms with Gasteiger partial charge >= 0.3 is 0 Å².